The van der Waals surface area contributed by atoms with E-state index in [1.807, 2.05) is 0 Å². The summed E-state index contributed by atoms with van der Waals surface area (Å²) >= 11 is 0. The van der Waals surface area contributed by atoms with Gasteiger partial charge in [-0.1, -0.05) is 23.8 Å². The number of benzene rings is 1. The maximum Gasteiger partial charge on any atom is 0.411 e. The van der Waals surface area contributed by atoms with Crippen molar-refractivity contribution in [3.05, 3.63) is 41.5 Å². The number of carbonyl (C=O) groups is 4. The van der Waals surface area contributed by atoms with Crippen LogP contribution in [0.1, 0.15) is 19.8 Å². The second-order valence-electron chi connectivity index (χ2n) is 7.03. The lowest BCUT2D eigenvalue weighted by Crippen LogP contribution is -2.49. The molecule has 0 unspecified atom stereocenters. The summed E-state index contributed by atoms with van der Waals surface area (Å²) in [5, 5.41) is 27.2. The van der Waals surface area contributed by atoms with Gasteiger partial charge in [0.25, 0.3) is 21.9 Å². The Morgan fingerprint density at radius 1 is 1.11 bits per heavy atom. The molecule has 1 aromatic rings. The molecule has 1 aromatic carbocycles. The third kappa shape index (κ3) is 8.59. The number of oxime groups is 1. The number of guanidine groups is 1. The zero-order chi connectivity index (χ0) is 26.0. The minimum absolute atomic E-state index is 0.0127. The number of carbonyl (C=O) groups excluding carboxylic acids is 2. The van der Waals surface area contributed by atoms with E-state index in [0.717, 1.165) is 5.01 Å². The summed E-state index contributed by atoms with van der Waals surface area (Å²) in [4.78, 5) is 53.2. The molecule has 0 fully saturated rings. The summed E-state index contributed by atoms with van der Waals surface area (Å²) in [5.41, 5.74) is 0.785. The van der Waals surface area contributed by atoms with E-state index in [-0.39, 0.29) is 36.6 Å². The summed E-state index contributed by atoms with van der Waals surface area (Å²) in [6.07, 6.45) is -3.10. The quantitative estimate of drug-likeness (QED) is 0.111. The van der Waals surface area contributed by atoms with Crippen molar-refractivity contribution in [3.8, 4) is 0 Å². The molecule has 1 heterocycles. The van der Waals surface area contributed by atoms with E-state index in [4.69, 9.17) is 15.1 Å². The molecule has 0 spiro atoms. The number of hydrogen-bond donors (Lipinski definition) is 6. The van der Waals surface area contributed by atoms with Crippen molar-refractivity contribution >= 4 is 40.0 Å². The van der Waals surface area contributed by atoms with Crippen molar-refractivity contribution in [1.29, 1.82) is 0 Å². The monoisotopic (exact) mass is 512 g/mol. The molecule has 0 radical (unpaired) electrons. The second-order valence-corrected chi connectivity index (χ2v) is 8.69. The fourth-order valence-electron chi connectivity index (χ4n) is 2.84. The molecule has 35 heavy (non-hydrogen) atoms. The highest BCUT2D eigenvalue weighted by Crippen LogP contribution is 2.21. The van der Waals surface area contributed by atoms with Crippen LogP contribution in [0.2, 0.25) is 0 Å². The Kier molecular flexibility index (Phi) is 9.54. The van der Waals surface area contributed by atoms with E-state index in [0.29, 0.717) is 12.0 Å². The van der Waals surface area contributed by atoms with Gasteiger partial charge in [-0.2, -0.15) is 0 Å². The van der Waals surface area contributed by atoms with Gasteiger partial charge in [0.1, 0.15) is 6.61 Å². The van der Waals surface area contributed by atoms with Crippen molar-refractivity contribution in [2.75, 3.05) is 19.7 Å². The van der Waals surface area contributed by atoms with Crippen LogP contribution in [0.15, 0.2) is 51.5 Å². The van der Waals surface area contributed by atoms with Gasteiger partial charge in [-0.05, 0) is 30.6 Å². The van der Waals surface area contributed by atoms with Crippen molar-refractivity contribution < 1.29 is 42.6 Å². The number of carboxylic acid groups (broad SMARTS) is 2. The lowest BCUT2D eigenvalue weighted by Gasteiger charge is -2.29. The fraction of sp³-hybridized carbons (Fsp3) is 0.316. The molecule has 0 aromatic heterocycles. The molecule has 0 atom stereocenters. The Hall–Kier alpha value is -4.18. The average Bonchev–Trinajstić information content (AvgIpc) is 2.78. The minimum Gasteiger partial charge on any atom is -0.465 e. The molecule has 0 saturated heterocycles. The van der Waals surface area contributed by atoms with Crippen LogP contribution >= 0.6 is 0 Å². The van der Waals surface area contributed by atoms with Gasteiger partial charge in [-0.25, -0.2) is 18.0 Å². The molecule has 6 N–H and O–H groups in total. The summed E-state index contributed by atoms with van der Waals surface area (Å²) in [6, 6.07) is 7.53. The Morgan fingerprint density at radius 2 is 1.74 bits per heavy atom. The summed E-state index contributed by atoms with van der Waals surface area (Å²) < 4.78 is 25.1. The first-order chi connectivity index (χ1) is 16.5. The molecule has 0 bridgehead atoms. The third-order valence-corrected chi connectivity index (χ3v) is 5.83. The van der Waals surface area contributed by atoms with E-state index in [1.54, 1.807) is 35.8 Å². The highest BCUT2D eigenvalue weighted by Gasteiger charge is 2.30. The zero-order valence-corrected chi connectivity index (χ0v) is 19.3. The minimum atomic E-state index is -3.99. The molecule has 0 saturated carbocycles. The van der Waals surface area contributed by atoms with Crippen LogP contribution in [0, 0.1) is 0 Å². The molecular formula is C19H24N6O9S. The van der Waals surface area contributed by atoms with Gasteiger partial charge in [-0.15, -0.1) is 4.83 Å². The maximum atomic E-state index is 12.8. The van der Waals surface area contributed by atoms with E-state index in [2.05, 4.69) is 15.3 Å². The average molecular weight is 513 g/mol. The first kappa shape index (κ1) is 27.1. The summed E-state index contributed by atoms with van der Waals surface area (Å²) in [6.45, 7) is 1.44. The molecule has 16 heteroatoms. The SMILES string of the molecule is CC1=C(CC(=O)NCCON=C(NC(=O)O)NC(=O)O)C(=O)N(NS(=O)(=O)c2ccccc2)CC1. The molecule has 0 aliphatic carbocycles. The molecule has 4 amide bonds. The molecule has 2 rings (SSSR count). The number of hydrogen-bond acceptors (Lipinski definition) is 8. The number of hydrazine groups is 1. The highest BCUT2D eigenvalue weighted by atomic mass is 32.2. The van der Waals surface area contributed by atoms with Gasteiger partial charge in [0, 0.05) is 12.1 Å². The van der Waals surface area contributed by atoms with Gasteiger partial charge in [0.2, 0.25) is 5.91 Å². The Balaban J connectivity index is 1.89. The first-order valence-electron chi connectivity index (χ1n) is 10.0. The lowest BCUT2D eigenvalue weighted by atomic mass is 9.99. The van der Waals surface area contributed by atoms with Gasteiger partial charge in [0.05, 0.1) is 17.9 Å². The zero-order valence-electron chi connectivity index (χ0n) is 18.5. The first-order valence-corrected chi connectivity index (χ1v) is 11.5. The Morgan fingerprint density at radius 3 is 2.34 bits per heavy atom. The normalized spacial score (nSPS) is 13.6. The fourth-order valence-corrected chi connectivity index (χ4v) is 3.92. The van der Waals surface area contributed by atoms with Crippen LogP contribution in [-0.4, -0.2) is 73.3 Å². The molecule has 190 valence electrons. The van der Waals surface area contributed by atoms with Crippen LogP contribution < -0.4 is 20.8 Å². The number of rotatable bonds is 9. The molecule has 15 nitrogen and oxygen atoms in total. The number of nitrogens with zero attached hydrogens (tertiary/aromatic N) is 2. The van der Waals surface area contributed by atoms with Crippen molar-refractivity contribution in [3.63, 3.8) is 0 Å². The van der Waals surface area contributed by atoms with Gasteiger partial charge < -0.3 is 20.4 Å². The standard InChI is InChI=1S/C19H24N6O9S/c1-12-7-9-25(24-35(32,33)13-5-3-2-4-6-13)16(27)14(12)11-15(26)20-8-10-34-23-17(21-18(28)29)22-19(30)31/h2-6,24H,7-11H2,1H3,(H,20,26)(H,28,29)(H,30,31)(H2,21,22,23). The van der Waals surface area contributed by atoms with Crippen molar-refractivity contribution in [2.24, 2.45) is 5.16 Å². The summed E-state index contributed by atoms with van der Waals surface area (Å²) in [5.74, 6) is -1.89. The van der Waals surface area contributed by atoms with Gasteiger partial charge >= 0.3 is 12.2 Å². The molecule has 1 aliphatic rings. The van der Waals surface area contributed by atoms with E-state index < -0.39 is 40.0 Å². The van der Waals surface area contributed by atoms with E-state index >= 15 is 0 Å². The van der Waals surface area contributed by atoms with E-state index in [1.165, 1.54) is 12.1 Å². The van der Waals surface area contributed by atoms with Gasteiger partial charge in [0.15, 0.2) is 0 Å². The Labute approximate surface area is 199 Å². The van der Waals surface area contributed by atoms with Crippen LogP contribution in [-0.2, 0) is 24.4 Å². The van der Waals surface area contributed by atoms with Crippen LogP contribution in [0.4, 0.5) is 9.59 Å². The second kappa shape index (κ2) is 12.3. The number of sulfonamides is 1. The smallest absolute Gasteiger partial charge is 0.411 e. The molecular weight excluding hydrogens is 488 g/mol. The van der Waals surface area contributed by atoms with Crippen LogP contribution in [0.5, 0.6) is 0 Å². The highest BCUT2D eigenvalue weighted by molar-refractivity contribution is 7.89. The Bertz CT molecular complexity index is 1120. The predicted molar refractivity (Wildman–Crippen MR) is 119 cm³/mol. The third-order valence-electron chi connectivity index (χ3n) is 4.47. The van der Waals surface area contributed by atoms with Crippen LogP contribution in [0.3, 0.4) is 0 Å². The van der Waals surface area contributed by atoms with E-state index in [9.17, 15) is 27.6 Å². The maximum absolute atomic E-state index is 12.8. The molecule has 1 aliphatic heterocycles. The number of nitrogens with one attached hydrogen (secondary N) is 4. The van der Waals surface area contributed by atoms with Crippen molar-refractivity contribution in [2.45, 2.75) is 24.7 Å². The van der Waals surface area contributed by atoms with Crippen LogP contribution in [0.25, 0.3) is 0 Å². The lowest BCUT2D eigenvalue weighted by molar-refractivity contribution is -0.131. The summed E-state index contributed by atoms with van der Waals surface area (Å²) in [7, 11) is -3.99. The largest absolute Gasteiger partial charge is 0.465 e. The van der Waals surface area contributed by atoms with Crippen molar-refractivity contribution in [1.82, 2.24) is 25.8 Å². The topological polar surface area (TPSA) is 216 Å². The predicted octanol–water partition coefficient (Wildman–Crippen LogP) is -0.242. The van der Waals surface area contributed by atoms with Gasteiger partial charge in [-0.3, -0.25) is 25.2 Å². The number of amides is 4.